The Morgan fingerprint density at radius 3 is 2.50 bits per heavy atom. The van der Waals surface area contributed by atoms with Gasteiger partial charge in [-0.2, -0.15) is 18.2 Å². The number of carbonyl (C=O) groups is 1. The average molecular weight is 388 g/mol. The number of hydrogen-bond donors (Lipinski definition) is 1. The van der Waals surface area contributed by atoms with Crippen molar-refractivity contribution >= 4 is 23.2 Å². The fourth-order valence-electron chi connectivity index (χ4n) is 2.64. The zero-order chi connectivity index (χ0) is 19.6. The maximum absolute atomic E-state index is 12.9. The summed E-state index contributed by atoms with van der Waals surface area (Å²) in [4.78, 5) is 28.6. The van der Waals surface area contributed by atoms with Crippen LogP contribution >= 0.6 is 11.6 Å². The molecule has 1 heterocycles. The molecule has 5 nitrogen and oxygen atoms in total. The van der Waals surface area contributed by atoms with E-state index in [0.717, 1.165) is 18.2 Å². The average Bonchev–Trinajstić information content (AvgIpc) is 2.51. The predicted molar refractivity (Wildman–Crippen MR) is 92.4 cm³/mol. The van der Waals surface area contributed by atoms with Crippen molar-refractivity contribution in [3.8, 4) is 0 Å². The first-order valence-corrected chi connectivity index (χ1v) is 8.16. The monoisotopic (exact) mass is 387 g/mol. The summed E-state index contributed by atoms with van der Waals surface area (Å²) in [6.45, 7) is 5.00. The Balaban J connectivity index is 2.39. The lowest BCUT2D eigenvalue weighted by molar-refractivity contribution is -0.137. The van der Waals surface area contributed by atoms with Crippen LogP contribution in [0.25, 0.3) is 0 Å². The number of hydrogen-bond acceptors (Lipinski definition) is 3. The third kappa shape index (κ3) is 4.24. The van der Waals surface area contributed by atoms with Gasteiger partial charge in [0.05, 0.1) is 16.3 Å². The van der Waals surface area contributed by atoms with Crippen molar-refractivity contribution in [2.75, 3.05) is 5.32 Å². The molecule has 1 aromatic heterocycles. The Labute approximate surface area is 152 Å². The topological polar surface area (TPSA) is 64.0 Å². The second kappa shape index (κ2) is 7.49. The van der Waals surface area contributed by atoms with E-state index in [1.165, 1.54) is 4.57 Å². The summed E-state index contributed by atoms with van der Waals surface area (Å²) >= 11 is 5.90. The third-order valence-corrected chi connectivity index (χ3v) is 4.16. The number of alkyl halides is 3. The lowest BCUT2D eigenvalue weighted by Gasteiger charge is -2.20. The van der Waals surface area contributed by atoms with Gasteiger partial charge >= 0.3 is 11.9 Å². The summed E-state index contributed by atoms with van der Waals surface area (Å²) in [7, 11) is 0. The number of aromatic nitrogens is 2. The maximum Gasteiger partial charge on any atom is 0.416 e. The van der Waals surface area contributed by atoms with Crippen LogP contribution in [0.1, 0.15) is 36.3 Å². The normalized spacial score (nSPS) is 12.7. The van der Waals surface area contributed by atoms with Gasteiger partial charge in [0.15, 0.2) is 0 Å². The molecule has 0 aliphatic carbocycles. The number of rotatable bonds is 4. The minimum Gasteiger partial charge on any atom is -0.323 e. The Kier molecular flexibility index (Phi) is 5.75. The summed E-state index contributed by atoms with van der Waals surface area (Å²) in [5, 5.41) is 2.35. The van der Waals surface area contributed by atoms with Gasteiger partial charge < -0.3 is 5.32 Å². The summed E-state index contributed by atoms with van der Waals surface area (Å²) < 4.78 is 39.8. The minimum atomic E-state index is -4.57. The van der Waals surface area contributed by atoms with E-state index in [-0.39, 0.29) is 17.1 Å². The summed E-state index contributed by atoms with van der Waals surface area (Å²) in [5.74, 6) is -0.649. The van der Waals surface area contributed by atoms with E-state index >= 15 is 0 Å². The van der Waals surface area contributed by atoms with Gasteiger partial charge in [-0.25, -0.2) is 4.79 Å². The third-order valence-electron chi connectivity index (χ3n) is 3.83. The molecule has 0 aliphatic rings. The Morgan fingerprint density at radius 2 is 1.96 bits per heavy atom. The zero-order valence-electron chi connectivity index (χ0n) is 14.3. The van der Waals surface area contributed by atoms with Crippen molar-refractivity contribution in [2.45, 2.75) is 39.4 Å². The van der Waals surface area contributed by atoms with Crippen LogP contribution in [0.5, 0.6) is 0 Å². The van der Waals surface area contributed by atoms with Crippen molar-refractivity contribution in [2.24, 2.45) is 0 Å². The molecule has 0 bridgehead atoms. The van der Waals surface area contributed by atoms with Gasteiger partial charge in [-0.1, -0.05) is 18.5 Å². The number of aryl methyl sites for hydroxylation is 2. The molecule has 1 N–H and O–H groups in total. The van der Waals surface area contributed by atoms with Crippen molar-refractivity contribution < 1.29 is 18.0 Å². The predicted octanol–water partition coefficient (Wildman–Crippen LogP) is 4.12. The molecule has 0 saturated heterocycles. The molecular weight excluding hydrogens is 371 g/mol. The zero-order valence-corrected chi connectivity index (χ0v) is 15.1. The highest BCUT2D eigenvalue weighted by Crippen LogP contribution is 2.34. The fourth-order valence-corrected chi connectivity index (χ4v) is 2.80. The van der Waals surface area contributed by atoms with Crippen LogP contribution < -0.4 is 11.0 Å². The molecule has 140 valence electrons. The number of halogens is 4. The number of anilines is 1. The SMILES string of the molecule is CCC(C(=O)Nc1cc(C(F)(F)F)ccc1Cl)n1c(C)cc(C)nc1=O. The largest absolute Gasteiger partial charge is 0.416 e. The summed E-state index contributed by atoms with van der Waals surface area (Å²) in [5.41, 5.74) is -0.662. The Morgan fingerprint density at radius 1 is 1.31 bits per heavy atom. The van der Waals surface area contributed by atoms with Gasteiger partial charge in [-0.05, 0) is 44.5 Å². The van der Waals surface area contributed by atoms with Crippen LogP contribution in [0.2, 0.25) is 5.02 Å². The highest BCUT2D eigenvalue weighted by Gasteiger charge is 2.31. The number of benzene rings is 1. The van der Waals surface area contributed by atoms with Gasteiger partial charge in [0.1, 0.15) is 6.04 Å². The second-order valence-corrected chi connectivity index (χ2v) is 6.20. The quantitative estimate of drug-likeness (QED) is 0.858. The van der Waals surface area contributed by atoms with Crippen molar-refractivity contribution in [1.29, 1.82) is 0 Å². The molecule has 1 atom stereocenters. The van der Waals surface area contributed by atoms with Crippen LogP contribution in [0.4, 0.5) is 18.9 Å². The standard InChI is InChI=1S/C17H17ClF3N3O2/c1-4-14(24-10(3)7-9(2)22-16(24)26)15(25)23-13-8-11(17(19,20)21)5-6-12(13)18/h5-8,14H,4H2,1-3H3,(H,23,25). The van der Waals surface area contributed by atoms with Crippen LogP contribution in [-0.4, -0.2) is 15.5 Å². The van der Waals surface area contributed by atoms with Gasteiger partial charge in [-0.15, -0.1) is 0 Å². The molecule has 2 aromatic rings. The van der Waals surface area contributed by atoms with E-state index in [9.17, 15) is 22.8 Å². The first-order chi connectivity index (χ1) is 12.0. The lowest BCUT2D eigenvalue weighted by atomic mass is 10.1. The van der Waals surface area contributed by atoms with Gasteiger partial charge in [0.25, 0.3) is 0 Å². The van der Waals surface area contributed by atoms with Gasteiger partial charge in [0.2, 0.25) is 5.91 Å². The molecule has 26 heavy (non-hydrogen) atoms. The Bertz CT molecular complexity index is 894. The van der Waals surface area contributed by atoms with Crippen molar-refractivity contribution in [3.63, 3.8) is 0 Å². The molecule has 1 amide bonds. The first kappa shape index (κ1) is 20.0. The molecule has 0 saturated carbocycles. The van der Waals surface area contributed by atoms with E-state index in [2.05, 4.69) is 10.3 Å². The van der Waals surface area contributed by atoms with Crippen LogP contribution in [0.15, 0.2) is 29.1 Å². The first-order valence-electron chi connectivity index (χ1n) is 7.79. The minimum absolute atomic E-state index is 0.0349. The number of carbonyl (C=O) groups excluding carboxylic acids is 1. The maximum atomic E-state index is 12.9. The highest BCUT2D eigenvalue weighted by atomic mass is 35.5. The molecular formula is C17H17ClF3N3O2. The fraction of sp³-hybridized carbons (Fsp3) is 0.353. The van der Waals surface area contributed by atoms with Gasteiger partial charge in [0, 0.05) is 11.4 Å². The molecule has 0 radical (unpaired) electrons. The summed E-state index contributed by atoms with van der Waals surface area (Å²) in [6.07, 6.45) is -4.32. The van der Waals surface area contributed by atoms with E-state index in [4.69, 9.17) is 11.6 Å². The van der Waals surface area contributed by atoms with Crippen molar-refractivity contribution in [1.82, 2.24) is 9.55 Å². The number of nitrogens with zero attached hydrogens (tertiary/aromatic N) is 2. The number of amides is 1. The molecule has 2 rings (SSSR count). The molecule has 0 spiro atoms. The molecule has 0 aliphatic heterocycles. The molecule has 1 aromatic carbocycles. The van der Waals surface area contributed by atoms with E-state index < -0.39 is 29.4 Å². The summed E-state index contributed by atoms with van der Waals surface area (Å²) in [6, 6.07) is 3.37. The van der Waals surface area contributed by atoms with E-state index in [1.807, 2.05) is 0 Å². The smallest absolute Gasteiger partial charge is 0.323 e. The molecule has 9 heteroatoms. The lowest BCUT2D eigenvalue weighted by Crippen LogP contribution is -2.36. The Hall–Kier alpha value is -2.35. The highest BCUT2D eigenvalue weighted by molar-refractivity contribution is 6.33. The van der Waals surface area contributed by atoms with Crippen LogP contribution in [0.3, 0.4) is 0 Å². The van der Waals surface area contributed by atoms with E-state index in [0.29, 0.717) is 11.4 Å². The van der Waals surface area contributed by atoms with E-state index in [1.54, 1.807) is 26.8 Å². The van der Waals surface area contributed by atoms with Crippen LogP contribution in [-0.2, 0) is 11.0 Å². The number of nitrogens with one attached hydrogen (secondary N) is 1. The molecule has 0 fully saturated rings. The molecule has 1 unspecified atom stereocenters. The van der Waals surface area contributed by atoms with Crippen molar-refractivity contribution in [3.05, 3.63) is 56.7 Å². The van der Waals surface area contributed by atoms with Crippen LogP contribution in [0, 0.1) is 13.8 Å². The van der Waals surface area contributed by atoms with Gasteiger partial charge in [-0.3, -0.25) is 9.36 Å². The second-order valence-electron chi connectivity index (χ2n) is 5.80.